The molecule has 3 heterocycles. The second-order valence-electron chi connectivity index (χ2n) is 6.46. The standard InChI is InChI=1S/C20H20N4O4/c1-14-2-4-15(5-3-14)19-22-18(28-23-19)13-27-20(25)16-6-7-17(21-12-16)24-8-10-26-11-9-24/h2-7,12H,8-11,13H2,1H3. The van der Waals surface area contributed by atoms with E-state index < -0.39 is 5.97 Å². The van der Waals surface area contributed by atoms with Crippen LogP contribution in [0.3, 0.4) is 0 Å². The second-order valence-corrected chi connectivity index (χ2v) is 6.46. The fraction of sp³-hybridized carbons (Fsp3) is 0.300. The molecule has 0 N–H and O–H groups in total. The number of hydrogen-bond acceptors (Lipinski definition) is 8. The molecular formula is C20H20N4O4. The predicted molar refractivity (Wildman–Crippen MR) is 101 cm³/mol. The van der Waals surface area contributed by atoms with Crippen LogP contribution in [-0.4, -0.2) is 47.4 Å². The van der Waals surface area contributed by atoms with Gasteiger partial charge in [0.1, 0.15) is 5.82 Å². The molecule has 3 aromatic rings. The zero-order valence-electron chi connectivity index (χ0n) is 15.5. The average Bonchev–Trinajstić information content (AvgIpc) is 3.22. The van der Waals surface area contributed by atoms with E-state index in [9.17, 15) is 4.79 Å². The molecule has 0 radical (unpaired) electrons. The van der Waals surface area contributed by atoms with Crippen LogP contribution in [0.4, 0.5) is 5.82 Å². The Kier molecular flexibility index (Phi) is 5.29. The van der Waals surface area contributed by atoms with Crippen LogP contribution < -0.4 is 4.90 Å². The molecule has 1 aliphatic heterocycles. The Bertz CT molecular complexity index is 932. The van der Waals surface area contributed by atoms with Crippen LogP contribution in [0.25, 0.3) is 11.4 Å². The summed E-state index contributed by atoms with van der Waals surface area (Å²) in [7, 11) is 0. The molecule has 0 unspecified atom stereocenters. The summed E-state index contributed by atoms with van der Waals surface area (Å²) in [6.07, 6.45) is 1.51. The van der Waals surface area contributed by atoms with E-state index in [1.807, 2.05) is 37.3 Å². The van der Waals surface area contributed by atoms with Crippen LogP contribution in [-0.2, 0) is 16.1 Å². The van der Waals surface area contributed by atoms with E-state index in [-0.39, 0.29) is 12.5 Å². The maximum Gasteiger partial charge on any atom is 0.340 e. The van der Waals surface area contributed by atoms with Crippen LogP contribution >= 0.6 is 0 Å². The first-order valence-corrected chi connectivity index (χ1v) is 9.04. The minimum absolute atomic E-state index is 0.0943. The van der Waals surface area contributed by atoms with E-state index in [1.54, 1.807) is 6.07 Å². The van der Waals surface area contributed by atoms with Crippen LogP contribution in [0.1, 0.15) is 21.8 Å². The molecule has 4 rings (SSSR count). The zero-order valence-corrected chi connectivity index (χ0v) is 15.5. The first-order valence-electron chi connectivity index (χ1n) is 9.04. The highest BCUT2D eigenvalue weighted by Crippen LogP contribution is 2.17. The lowest BCUT2D eigenvalue weighted by molar-refractivity contribution is 0.0429. The van der Waals surface area contributed by atoms with Gasteiger partial charge in [-0.05, 0) is 19.1 Å². The minimum atomic E-state index is -0.490. The van der Waals surface area contributed by atoms with Gasteiger partial charge in [0.25, 0.3) is 5.89 Å². The normalized spacial score (nSPS) is 14.1. The van der Waals surface area contributed by atoms with Crippen LogP contribution in [0.5, 0.6) is 0 Å². The number of pyridine rings is 1. The summed E-state index contributed by atoms with van der Waals surface area (Å²) in [5.41, 5.74) is 2.36. The third-order valence-corrected chi connectivity index (χ3v) is 4.42. The SMILES string of the molecule is Cc1ccc(-c2noc(COC(=O)c3ccc(N4CCOCC4)nc3)n2)cc1. The van der Waals surface area contributed by atoms with Crippen LogP contribution in [0.15, 0.2) is 47.1 Å². The number of aromatic nitrogens is 3. The van der Waals surface area contributed by atoms with Gasteiger partial charge in [-0.3, -0.25) is 0 Å². The number of aryl methyl sites for hydroxylation is 1. The number of anilines is 1. The summed E-state index contributed by atoms with van der Waals surface area (Å²) in [5.74, 6) is 1.03. The maximum atomic E-state index is 12.2. The Morgan fingerprint density at radius 3 is 2.64 bits per heavy atom. The number of ether oxygens (including phenoxy) is 2. The van der Waals surface area contributed by atoms with Gasteiger partial charge in [-0.15, -0.1) is 0 Å². The monoisotopic (exact) mass is 380 g/mol. The molecule has 8 heteroatoms. The Hall–Kier alpha value is -3.26. The van der Waals surface area contributed by atoms with E-state index >= 15 is 0 Å². The van der Waals surface area contributed by atoms with Gasteiger partial charge in [0.15, 0.2) is 6.61 Å². The molecule has 0 aliphatic carbocycles. The largest absolute Gasteiger partial charge is 0.452 e. The second kappa shape index (κ2) is 8.18. The van der Waals surface area contributed by atoms with Gasteiger partial charge in [-0.2, -0.15) is 4.98 Å². The molecule has 1 fully saturated rings. The number of carbonyl (C=O) groups is 1. The smallest absolute Gasteiger partial charge is 0.340 e. The van der Waals surface area contributed by atoms with Crippen molar-refractivity contribution < 1.29 is 18.8 Å². The van der Waals surface area contributed by atoms with E-state index in [0.29, 0.717) is 24.6 Å². The van der Waals surface area contributed by atoms with Crippen molar-refractivity contribution in [1.82, 2.24) is 15.1 Å². The maximum absolute atomic E-state index is 12.2. The highest BCUT2D eigenvalue weighted by atomic mass is 16.6. The number of benzene rings is 1. The first-order chi connectivity index (χ1) is 13.7. The summed E-state index contributed by atoms with van der Waals surface area (Å²) >= 11 is 0. The highest BCUT2D eigenvalue weighted by Gasteiger charge is 2.15. The van der Waals surface area contributed by atoms with Gasteiger partial charge in [0.2, 0.25) is 5.82 Å². The summed E-state index contributed by atoms with van der Waals surface area (Å²) in [6, 6.07) is 11.3. The van der Waals surface area contributed by atoms with E-state index in [0.717, 1.165) is 30.0 Å². The van der Waals surface area contributed by atoms with E-state index in [2.05, 4.69) is 20.0 Å². The molecule has 0 spiro atoms. The molecule has 0 saturated carbocycles. The third-order valence-electron chi connectivity index (χ3n) is 4.42. The van der Waals surface area contributed by atoms with Crippen molar-refractivity contribution in [2.75, 3.05) is 31.2 Å². The Labute approximate surface area is 162 Å². The van der Waals surface area contributed by atoms with Crippen molar-refractivity contribution >= 4 is 11.8 Å². The lowest BCUT2D eigenvalue weighted by Gasteiger charge is -2.27. The van der Waals surface area contributed by atoms with Gasteiger partial charge in [0.05, 0.1) is 18.8 Å². The first kappa shape index (κ1) is 18.1. The lowest BCUT2D eigenvalue weighted by atomic mass is 10.1. The number of rotatable bonds is 5. The van der Waals surface area contributed by atoms with E-state index in [1.165, 1.54) is 6.20 Å². The molecule has 28 heavy (non-hydrogen) atoms. The fourth-order valence-electron chi connectivity index (χ4n) is 2.83. The number of hydrogen-bond donors (Lipinski definition) is 0. The van der Waals surface area contributed by atoms with E-state index in [4.69, 9.17) is 14.0 Å². The lowest BCUT2D eigenvalue weighted by Crippen LogP contribution is -2.36. The molecule has 1 aromatic carbocycles. The molecule has 8 nitrogen and oxygen atoms in total. The van der Waals surface area contributed by atoms with Crippen molar-refractivity contribution in [3.8, 4) is 11.4 Å². The van der Waals surface area contributed by atoms with Gasteiger partial charge in [-0.25, -0.2) is 9.78 Å². The van der Waals surface area contributed by atoms with Crippen molar-refractivity contribution in [3.63, 3.8) is 0 Å². The quantitative estimate of drug-likeness (QED) is 0.624. The molecular weight excluding hydrogens is 360 g/mol. The van der Waals surface area contributed by atoms with Gasteiger partial charge in [0, 0.05) is 24.8 Å². The molecule has 1 aliphatic rings. The highest BCUT2D eigenvalue weighted by molar-refractivity contribution is 5.89. The number of esters is 1. The summed E-state index contributed by atoms with van der Waals surface area (Å²) in [4.78, 5) is 23.0. The van der Waals surface area contributed by atoms with Crippen molar-refractivity contribution in [2.45, 2.75) is 13.5 Å². The van der Waals surface area contributed by atoms with Gasteiger partial charge >= 0.3 is 5.97 Å². The van der Waals surface area contributed by atoms with Crippen LogP contribution in [0, 0.1) is 6.92 Å². The molecule has 0 amide bonds. The zero-order chi connectivity index (χ0) is 19.3. The van der Waals surface area contributed by atoms with Crippen molar-refractivity contribution in [2.24, 2.45) is 0 Å². The minimum Gasteiger partial charge on any atom is -0.452 e. The van der Waals surface area contributed by atoms with Gasteiger partial charge < -0.3 is 18.9 Å². The Morgan fingerprint density at radius 1 is 1.14 bits per heavy atom. The molecule has 144 valence electrons. The van der Waals surface area contributed by atoms with Crippen molar-refractivity contribution in [1.29, 1.82) is 0 Å². The topological polar surface area (TPSA) is 90.6 Å². The summed E-state index contributed by atoms with van der Waals surface area (Å²) in [6.45, 7) is 4.85. The number of morpholine rings is 1. The molecule has 2 aromatic heterocycles. The van der Waals surface area contributed by atoms with Crippen LogP contribution in [0.2, 0.25) is 0 Å². The summed E-state index contributed by atoms with van der Waals surface area (Å²) in [5, 5.41) is 3.92. The fourth-order valence-corrected chi connectivity index (χ4v) is 2.83. The number of carbonyl (C=O) groups excluding carboxylic acids is 1. The molecule has 0 bridgehead atoms. The molecule has 0 atom stereocenters. The summed E-state index contributed by atoms with van der Waals surface area (Å²) < 4.78 is 15.7. The average molecular weight is 380 g/mol. The Morgan fingerprint density at radius 2 is 1.93 bits per heavy atom. The molecule has 1 saturated heterocycles. The Balaban J connectivity index is 1.34. The number of nitrogens with zero attached hydrogens (tertiary/aromatic N) is 4. The van der Waals surface area contributed by atoms with Crippen molar-refractivity contribution in [3.05, 3.63) is 59.6 Å². The van der Waals surface area contributed by atoms with Gasteiger partial charge in [-0.1, -0.05) is 35.0 Å². The predicted octanol–water partition coefficient (Wildman–Crippen LogP) is 2.63. The third kappa shape index (κ3) is 4.17.